The van der Waals surface area contributed by atoms with Gasteiger partial charge in [0.2, 0.25) is 0 Å². The van der Waals surface area contributed by atoms with E-state index in [0.29, 0.717) is 16.6 Å². The zero-order valence-electron chi connectivity index (χ0n) is 17.4. The lowest BCUT2D eigenvalue weighted by atomic mass is 10.1. The third-order valence-corrected chi connectivity index (χ3v) is 7.20. The number of anilines is 3. The van der Waals surface area contributed by atoms with E-state index in [1.165, 1.54) is 48.2 Å². The molecule has 0 radical (unpaired) electrons. The minimum atomic E-state index is -3.73. The van der Waals surface area contributed by atoms with Crippen molar-refractivity contribution in [2.45, 2.75) is 24.2 Å². The minimum absolute atomic E-state index is 0.0809. The number of hydrogen-bond donors (Lipinski definition) is 2. The van der Waals surface area contributed by atoms with E-state index in [0.717, 1.165) is 31.6 Å². The molecule has 0 atom stereocenters. The van der Waals surface area contributed by atoms with Crippen LogP contribution < -0.4 is 19.7 Å². The van der Waals surface area contributed by atoms with Gasteiger partial charge in [-0.05, 0) is 55.7 Å². The molecule has 0 bridgehead atoms. The second kappa shape index (κ2) is 10.0. The van der Waals surface area contributed by atoms with Crippen LogP contribution in [0.3, 0.4) is 0 Å². The number of carbonyl (C=O) groups is 1. The topological polar surface area (TPSA) is 101 Å². The normalized spacial score (nSPS) is 14.1. The molecular formula is C22H24N4O4S2. The van der Waals surface area contributed by atoms with Crippen molar-refractivity contribution in [2.75, 3.05) is 34.6 Å². The number of benzene rings is 2. The average Bonchev–Trinajstić information content (AvgIpc) is 3.31. The Morgan fingerprint density at radius 3 is 2.53 bits per heavy atom. The molecule has 2 heterocycles. The van der Waals surface area contributed by atoms with Crippen molar-refractivity contribution < 1.29 is 17.9 Å². The van der Waals surface area contributed by atoms with Crippen LogP contribution >= 0.6 is 11.3 Å². The van der Waals surface area contributed by atoms with Gasteiger partial charge in [0.05, 0.1) is 10.6 Å². The maximum Gasteiger partial charge on any atom is 0.263 e. The molecular weight excluding hydrogens is 448 g/mol. The summed E-state index contributed by atoms with van der Waals surface area (Å²) in [4.78, 5) is 18.7. The van der Waals surface area contributed by atoms with E-state index in [1.807, 2.05) is 24.3 Å². The van der Waals surface area contributed by atoms with Gasteiger partial charge in [-0.2, -0.15) is 0 Å². The number of amides is 1. The Labute approximate surface area is 191 Å². The molecule has 0 aliphatic carbocycles. The van der Waals surface area contributed by atoms with Gasteiger partial charge >= 0.3 is 0 Å². The number of para-hydroxylation sites is 2. The lowest BCUT2D eigenvalue weighted by Crippen LogP contribution is -2.30. The SMILES string of the molecule is O=C(COc1ccccc1N1CCCCC1)Nc1ccc(S(=O)(=O)Nc2nccs2)cc1. The van der Waals surface area contributed by atoms with Crippen molar-refractivity contribution in [1.82, 2.24) is 4.98 Å². The molecule has 0 unspecified atom stereocenters. The maximum absolute atomic E-state index is 12.4. The first-order valence-electron chi connectivity index (χ1n) is 10.3. The molecule has 168 valence electrons. The zero-order chi connectivity index (χ0) is 22.4. The lowest BCUT2D eigenvalue weighted by molar-refractivity contribution is -0.118. The van der Waals surface area contributed by atoms with E-state index in [1.54, 1.807) is 5.38 Å². The van der Waals surface area contributed by atoms with E-state index >= 15 is 0 Å². The van der Waals surface area contributed by atoms with E-state index < -0.39 is 10.0 Å². The monoisotopic (exact) mass is 472 g/mol. The molecule has 2 aromatic carbocycles. The van der Waals surface area contributed by atoms with E-state index in [9.17, 15) is 13.2 Å². The van der Waals surface area contributed by atoms with Crippen molar-refractivity contribution in [1.29, 1.82) is 0 Å². The highest BCUT2D eigenvalue weighted by atomic mass is 32.2. The van der Waals surface area contributed by atoms with Crippen molar-refractivity contribution in [3.8, 4) is 5.75 Å². The summed E-state index contributed by atoms with van der Waals surface area (Å²) in [5.74, 6) is 0.356. The van der Waals surface area contributed by atoms with Crippen molar-refractivity contribution in [3.63, 3.8) is 0 Å². The zero-order valence-corrected chi connectivity index (χ0v) is 19.0. The molecule has 1 amide bonds. The standard InChI is InChI=1S/C22H24N4O4S2/c27-21(16-30-20-7-3-2-6-19(20)26-13-4-1-5-14-26)24-17-8-10-18(11-9-17)32(28,29)25-22-23-12-15-31-22/h2-3,6-12,15H,1,4-5,13-14,16H2,(H,23,25)(H,24,27). The van der Waals surface area contributed by atoms with Gasteiger partial charge in [-0.3, -0.25) is 9.52 Å². The number of piperidine rings is 1. The first kappa shape index (κ1) is 22.1. The molecule has 2 N–H and O–H groups in total. The van der Waals surface area contributed by atoms with Crippen LogP contribution in [0.25, 0.3) is 0 Å². The number of nitrogens with one attached hydrogen (secondary N) is 2. The van der Waals surface area contributed by atoms with Crippen LogP contribution in [-0.2, 0) is 14.8 Å². The Hall–Kier alpha value is -3.11. The van der Waals surface area contributed by atoms with Gasteiger partial charge < -0.3 is 15.0 Å². The number of hydrogen-bond acceptors (Lipinski definition) is 7. The van der Waals surface area contributed by atoms with Gasteiger partial charge in [-0.15, -0.1) is 11.3 Å². The summed E-state index contributed by atoms with van der Waals surface area (Å²) in [5.41, 5.74) is 1.48. The Bertz CT molecular complexity index is 1140. The van der Waals surface area contributed by atoms with Crippen LogP contribution in [0.1, 0.15) is 19.3 Å². The molecule has 10 heteroatoms. The Kier molecular flexibility index (Phi) is 6.91. The number of sulfonamides is 1. The van der Waals surface area contributed by atoms with Gasteiger partial charge in [0, 0.05) is 30.4 Å². The highest BCUT2D eigenvalue weighted by Gasteiger charge is 2.17. The molecule has 1 aliphatic rings. The quantitative estimate of drug-likeness (QED) is 0.515. The predicted molar refractivity (Wildman–Crippen MR) is 126 cm³/mol. The third-order valence-electron chi connectivity index (χ3n) is 5.02. The summed E-state index contributed by atoms with van der Waals surface area (Å²) < 4.78 is 33.0. The van der Waals surface area contributed by atoms with Crippen molar-refractivity contribution in [3.05, 3.63) is 60.1 Å². The fourth-order valence-electron chi connectivity index (χ4n) is 3.48. The molecule has 4 rings (SSSR count). The summed E-state index contributed by atoms with van der Waals surface area (Å²) in [6.07, 6.45) is 5.07. The average molecular weight is 473 g/mol. The number of ether oxygens (including phenoxy) is 1. The van der Waals surface area contributed by atoms with Crippen LogP contribution in [0, 0.1) is 0 Å². The molecule has 1 saturated heterocycles. The van der Waals surface area contributed by atoms with Gasteiger partial charge in [0.1, 0.15) is 5.75 Å². The van der Waals surface area contributed by atoms with Gasteiger partial charge in [0.25, 0.3) is 15.9 Å². The van der Waals surface area contributed by atoms with Crippen molar-refractivity contribution in [2.24, 2.45) is 0 Å². The molecule has 32 heavy (non-hydrogen) atoms. The molecule has 1 aliphatic heterocycles. The summed E-state index contributed by atoms with van der Waals surface area (Å²) >= 11 is 1.19. The molecule has 0 saturated carbocycles. The highest BCUT2D eigenvalue weighted by Crippen LogP contribution is 2.30. The number of nitrogens with zero attached hydrogens (tertiary/aromatic N) is 2. The number of aromatic nitrogens is 1. The van der Waals surface area contributed by atoms with Crippen LogP contribution in [0.2, 0.25) is 0 Å². The molecule has 0 spiro atoms. The van der Waals surface area contributed by atoms with Crippen LogP contribution in [-0.4, -0.2) is 39.0 Å². The number of thiazole rings is 1. The van der Waals surface area contributed by atoms with Gasteiger partial charge in [-0.25, -0.2) is 13.4 Å². The number of rotatable bonds is 8. The van der Waals surface area contributed by atoms with Gasteiger partial charge in [0.15, 0.2) is 11.7 Å². The number of carbonyl (C=O) groups excluding carboxylic acids is 1. The van der Waals surface area contributed by atoms with E-state index in [4.69, 9.17) is 4.74 Å². The lowest BCUT2D eigenvalue weighted by Gasteiger charge is -2.30. The second-order valence-corrected chi connectivity index (χ2v) is 9.90. The smallest absolute Gasteiger partial charge is 0.263 e. The summed E-state index contributed by atoms with van der Waals surface area (Å²) in [6, 6.07) is 13.7. The van der Waals surface area contributed by atoms with Gasteiger partial charge in [-0.1, -0.05) is 12.1 Å². The molecule has 3 aromatic rings. The van der Waals surface area contributed by atoms with E-state index in [2.05, 4.69) is 19.9 Å². The van der Waals surface area contributed by atoms with E-state index in [-0.39, 0.29) is 17.4 Å². The van der Waals surface area contributed by atoms with Crippen LogP contribution in [0.5, 0.6) is 5.75 Å². The predicted octanol–water partition coefficient (Wildman–Crippen LogP) is 3.95. The first-order chi connectivity index (χ1) is 15.5. The van der Waals surface area contributed by atoms with Crippen LogP contribution in [0.15, 0.2) is 65.0 Å². The molecule has 1 fully saturated rings. The third kappa shape index (κ3) is 5.57. The Morgan fingerprint density at radius 2 is 1.81 bits per heavy atom. The second-order valence-electron chi connectivity index (χ2n) is 7.32. The highest BCUT2D eigenvalue weighted by molar-refractivity contribution is 7.93. The fourth-order valence-corrected chi connectivity index (χ4v) is 5.27. The Balaban J connectivity index is 1.34. The largest absolute Gasteiger partial charge is 0.482 e. The molecule has 8 nitrogen and oxygen atoms in total. The summed E-state index contributed by atoms with van der Waals surface area (Å²) in [6.45, 7) is 1.83. The fraction of sp³-hybridized carbons (Fsp3) is 0.273. The maximum atomic E-state index is 12.4. The summed E-state index contributed by atoms with van der Waals surface area (Å²) in [5, 5.41) is 4.71. The Morgan fingerprint density at radius 1 is 1.06 bits per heavy atom. The first-order valence-corrected chi connectivity index (χ1v) is 12.7. The minimum Gasteiger partial charge on any atom is -0.482 e. The van der Waals surface area contributed by atoms with Crippen LogP contribution in [0.4, 0.5) is 16.5 Å². The summed E-state index contributed by atoms with van der Waals surface area (Å²) in [7, 11) is -3.73. The molecule has 1 aromatic heterocycles. The van der Waals surface area contributed by atoms with Crippen molar-refractivity contribution >= 4 is 43.8 Å².